The van der Waals surface area contributed by atoms with Gasteiger partial charge in [-0.25, -0.2) is 0 Å². The second-order valence-electron chi connectivity index (χ2n) is 3.08. The summed E-state index contributed by atoms with van der Waals surface area (Å²) < 4.78 is 0. The van der Waals surface area contributed by atoms with Crippen LogP contribution in [0.15, 0.2) is 30.3 Å². The molecule has 1 amide bonds. The Morgan fingerprint density at radius 2 is 2.31 bits per heavy atom. The van der Waals surface area contributed by atoms with Crippen LogP contribution in [0.1, 0.15) is 12.5 Å². The molecule has 16 heavy (non-hydrogen) atoms. The Balaban J connectivity index is 2.77. The van der Waals surface area contributed by atoms with Gasteiger partial charge >= 0.3 is 0 Å². The van der Waals surface area contributed by atoms with Crippen molar-refractivity contribution in [3.05, 3.63) is 46.0 Å². The van der Waals surface area contributed by atoms with E-state index in [2.05, 4.69) is 5.32 Å². The van der Waals surface area contributed by atoms with Crippen LogP contribution < -0.4 is 5.32 Å². The summed E-state index contributed by atoms with van der Waals surface area (Å²) in [5.74, 6) is -0.214. The number of non-ortho nitro benzene ring substituents is 1. The van der Waals surface area contributed by atoms with Gasteiger partial charge in [0.2, 0.25) is 5.91 Å². The first kappa shape index (κ1) is 11.9. The maximum atomic E-state index is 11.1. The van der Waals surface area contributed by atoms with Crippen LogP contribution in [0, 0.1) is 10.1 Å². The first-order valence-corrected chi connectivity index (χ1v) is 4.84. The minimum atomic E-state index is -0.469. The van der Waals surface area contributed by atoms with Crippen molar-refractivity contribution in [2.45, 2.75) is 6.92 Å². The summed E-state index contributed by atoms with van der Waals surface area (Å²) in [5, 5.41) is 13.1. The van der Waals surface area contributed by atoms with Crippen molar-refractivity contribution in [1.82, 2.24) is 5.32 Å². The number of hydrogen-bond donors (Lipinski definition) is 1. The van der Waals surface area contributed by atoms with Crippen molar-refractivity contribution in [3.63, 3.8) is 0 Å². The smallest absolute Gasteiger partial charge is 0.270 e. The number of nitrogens with zero attached hydrogens (tertiary/aromatic N) is 1. The fraction of sp³-hybridized carbons (Fsp3) is 0.182. The summed E-state index contributed by atoms with van der Waals surface area (Å²) in [5.41, 5.74) is 0.638. The Bertz CT molecular complexity index is 427. The molecule has 0 atom stereocenters. The van der Waals surface area contributed by atoms with Crippen molar-refractivity contribution < 1.29 is 9.72 Å². The number of amides is 1. The molecule has 1 aromatic carbocycles. The molecule has 0 fully saturated rings. The number of benzene rings is 1. The molecule has 1 aromatic rings. The molecule has 0 aliphatic rings. The van der Waals surface area contributed by atoms with E-state index >= 15 is 0 Å². The van der Waals surface area contributed by atoms with Gasteiger partial charge in [-0.2, -0.15) is 0 Å². The van der Waals surface area contributed by atoms with Gasteiger partial charge in [-0.15, -0.1) is 0 Å². The van der Waals surface area contributed by atoms with Gasteiger partial charge < -0.3 is 5.32 Å². The Morgan fingerprint density at radius 1 is 1.56 bits per heavy atom. The minimum Gasteiger partial charge on any atom is -0.353 e. The molecule has 0 saturated carbocycles. The van der Waals surface area contributed by atoms with Crippen molar-refractivity contribution in [3.8, 4) is 0 Å². The third kappa shape index (κ3) is 3.53. The highest BCUT2D eigenvalue weighted by Crippen LogP contribution is 2.13. The van der Waals surface area contributed by atoms with Gasteiger partial charge in [-0.05, 0) is 18.6 Å². The van der Waals surface area contributed by atoms with E-state index in [9.17, 15) is 14.9 Å². The van der Waals surface area contributed by atoms with Gasteiger partial charge in [-0.1, -0.05) is 12.1 Å². The second-order valence-corrected chi connectivity index (χ2v) is 3.08. The molecule has 0 saturated heterocycles. The Kier molecular flexibility index (Phi) is 4.20. The van der Waals surface area contributed by atoms with Crippen LogP contribution in [0.2, 0.25) is 0 Å². The van der Waals surface area contributed by atoms with Gasteiger partial charge in [0.15, 0.2) is 0 Å². The number of carbonyl (C=O) groups is 1. The summed E-state index contributed by atoms with van der Waals surface area (Å²) in [6.07, 6.45) is 2.89. The molecule has 84 valence electrons. The van der Waals surface area contributed by atoms with Crippen LogP contribution in [0.25, 0.3) is 6.08 Å². The van der Waals surface area contributed by atoms with Crippen LogP contribution in [0.3, 0.4) is 0 Å². The molecule has 0 bridgehead atoms. The number of hydrogen-bond acceptors (Lipinski definition) is 3. The molecule has 0 radical (unpaired) electrons. The average molecular weight is 220 g/mol. The third-order valence-electron chi connectivity index (χ3n) is 1.86. The highest BCUT2D eigenvalue weighted by atomic mass is 16.6. The number of nitro groups is 1. The molecule has 0 heterocycles. The zero-order chi connectivity index (χ0) is 12.0. The van der Waals surface area contributed by atoms with E-state index in [1.165, 1.54) is 24.3 Å². The van der Waals surface area contributed by atoms with E-state index in [1.54, 1.807) is 12.1 Å². The third-order valence-corrected chi connectivity index (χ3v) is 1.86. The number of nitro benzene ring substituents is 1. The Morgan fingerprint density at radius 3 is 2.94 bits per heavy atom. The first-order chi connectivity index (χ1) is 7.63. The van der Waals surface area contributed by atoms with Crippen LogP contribution in [0.4, 0.5) is 5.69 Å². The minimum absolute atomic E-state index is 0.0121. The molecule has 0 aliphatic heterocycles. The monoisotopic (exact) mass is 220 g/mol. The summed E-state index contributed by atoms with van der Waals surface area (Å²) in [6, 6.07) is 6.09. The number of rotatable bonds is 4. The highest BCUT2D eigenvalue weighted by Gasteiger charge is 2.03. The molecule has 0 aromatic heterocycles. The maximum absolute atomic E-state index is 11.1. The lowest BCUT2D eigenvalue weighted by atomic mass is 10.2. The molecular formula is C11H12N2O3. The van der Waals surface area contributed by atoms with E-state index in [4.69, 9.17) is 0 Å². The average Bonchev–Trinajstić information content (AvgIpc) is 2.27. The maximum Gasteiger partial charge on any atom is 0.270 e. The van der Waals surface area contributed by atoms with E-state index in [-0.39, 0.29) is 11.6 Å². The topological polar surface area (TPSA) is 72.2 Å². The van der Waals surface area contributed by atoms with Crippen LogP contribution >= 0.6 is 0 Å². The Hall–Kier alpha value is -2.17. The number of nitrogens with one attached hydrogen (secondary N) is 1. The SMILES string of the molecule is CCNC(=O)/C=C\c1cccc([N+](=O)[O-])c1. The summed E-state index contributed by atoms with van der Waals surface area (Å²) in [4.78, 5) is 21.1. The number of likely N-dealkylation sites (N-methyl/N-ethyl adjacent to an activating group) is 1. The van der Waals surface area contributed by atoms with Crippen molar-refractivity contribution in [2.75, 3.05) is 6.54 Å². The van der Waals surface area contributed by atoms with Crippen molar-refractivity contribution in [2.24, 2.45) is 0 Å². The standard InChI is InChI=1S/C11H12N2O3/c1-2-12-11(14)7-6-9-4-3-5-10(8-9)13(15)16/h3-8H,2H2,1H3,(H,12,14)/b7-6-. The molecule has 0 spiro atoms. The molecule has 0 aliphatic carbocycles. The predicted octanol–water partition coefficient (Wildman–Crippen LogP) is 1.74. The van der Waals surface area contributed by atoms with Gasteiger partial charge in [-0.3, -0.25) is 14.9 Å². The van der Waals surface area contributed by atoms with Gasteiger partial charge in [0.05, 0.1) is 4.92 Å². The Labute approximate surface area is 92.9 Å². The normalized spacial score (nSPS) is 10.3. The quantitative estimate of drug-likeness (QED) is 0.477. The second kappa shape index (κ2) is 5.65. The molecule has 0 unspecified atom stereocenters. The summed E-state index contributed by atoms with van der Waals surface area (Å²) in [6.45, 7) is 2.37. The zero-order valence-corrected chi connectivity index (χ0v) is 8.84. The fourth-order valence-electron chi connectivity index (χ4n) is 1.15. The molecular weight excluding hydrogens is 208 g/mol. The van der Waals surface area contributed by atoms with Gasteiger partial charge in [0.25, 0.3) is 5.69 Å². The van der Waals surface area contributed by atoms with E-state index < -0.39 is 4.92 Å². The lowest BCUT2D eigenvalue weighted by molar-refractivity contribution is -0.384. The number of carbonyl (C=O) groups excluding carboxylic acids is 1. The summed E-state index contributed by atoms with van der Waals surface area (Å²) in [7, 11) is 0. The molecule has 1 N–H and O–H groups in total. The molecule has 5 nitrogen and oxygen atoms in total. The van der Waals surface area contributed by atoms with Crippen LogP contribution in [-0.4, -0.2) is 17.4 Å². The first-order valence-electron chi connectivity index (χ1n) is 4.84. The molecule has 5 heteroatoms. The van der Waals surface area contributed by atoms with E-state index in [0.717, 1.165) is 0 Å². The zero-order valence-electron chi connectivity index (χ0n) is 8.84. The largest absolute Gasteiger partial charge is 0.353 e. The molecule has 1 rings (SSSR count). The van der Waals surface area contributed by atoms with Crippen molar-refractivity contribution >= 4 is 17.7 Å². The van der Waals surface area contributed by atoms with E-state index in [0.29, 0.717) is 12.1 Å². The fourth-order valence-corrected chi connectivity index (χ4v) is 1.15. The summed E-state index contributed by atoms with van der Waals surface area (Å²) >= 11 is 0. The van der Waals surface area contributed by atoms with Crippen LogP contribution in [-0.2, 0) is 4.79 Å². The van der Waals surface area contributed by atoms with Crippen LogP contribution in [0.5, 0.6) is 0 Å². The predicted molar refractivity (Wildman–Crippen MR) is 60.8 cm³/mol. The van der Waals surface area contributed by atoms with Gasteiger partial charge in [0, 0.05) is 24.8 Å². The van der Waals surface area contributed by atoms with E-state index in [1.807, 2.05) is 6.92 Å². The lowest BCUT2D eigenvalue weighted by Crippen LogP contribution is -2.19. The highest BCUT2D eigenvalue weighted by molar-refractivity contribution is 5.91. The van der Waals surface area contributed by atoms with Gasteiger partial charge in [0.1, 0.15) is 0 Å². The lowest BCUT2D eigenvalue weighted by Gasteiger charge is -1.96. The van der Waals surface area contributed by atoms with Crippen molar-refractivity contribution in [1.29, 1.82) is 0 Å².